The van der Waals surface area contributed by atoms with Crippen molar-refractivity contribution >= 4 is 34.0 Å². The van der Waals surface area contributed by atoms with Gasteiger partial charge in [0.15, 0.2) is 5.13 Å². The number of methoxy groups -OCH3 is 1. The van der Waals surface area contributed by atoms with Gasteiger partial charge in [0.25, 0.3) is 11.8 Å². The Kier molecular flexibility index (Phi) is 9.24. The molecule has 2 aliphatic rings. The molecule has 4 rings (SSSR count). The first-order valence-corrected chi connectivity index (χ1v) is 13.2. The molecular formula is C25H34FN5O4S. The van der Waals surface area contributed by atoms with Crippen molar-refractivity contribution in [1.82, 2.24) is 15.2 Å². The van der Waals surface area contributed by atoms with Crippen molar-refractivity contribution in [1.29, 1.82) is 0 Å². The van der Waals surface area contributed by atoms with Gasteiger partial charge >= 0.3 is 0 Å². The molecule has 11 heteroatoms. The number of nitrogens with zero attached hydrogens (tertiary/aromatic N) is 3. The largest absolute Gasteiger partial charge is 0.380 e. The van der Waals surface area contributed by atoms with Crippen LogP contribution in [0.5, 0.6) is 0 Å². The number of alkyl halides is 1. The number of nitrogens with one attached hydrogen (secondary N) is 2. The molecule has 2 N–H and O–H groups in total. The first-order valence-electron chi connectivity index (χ1n) is 12.3. The van der Waals surface area contributed by atoms with E-state index in [4.69, 9.17) is 9.47 Å². The van der Waals surface area contributed by atoms with Gasteiger partial charge in [0.2, 0.25) is 0 Å². The summed E-state index contributed by atoms with van der Waals surface area (Å²) >= 11 is 1.41. The average molecular weight is 520 g/mol. The van der Waals surface area contributed by atoms with Crippen LogP contribution in [0.25, 0.3) is 0 Å². The Hall–Kier alpha value is -2.60. The van der Waals surface area contributed by atoms with Crippen LogP contribution in [-0.4, -0.2) is 87.0 Å². The Morgan fingerprint density at radius 3 is 2.92 bits per heavy atom. The summed E-state index contributed by atoms with van der Waals surface area (Å²) in [5.41, 5.74) is 1.99. The monoisotopic (exact) mass is 519 g/mol. The lowest BCUT2D eigenvalue weighted by molar-refractivity contribution is -0.00437. The number of benzene rings is 1. The van der Waals surface area contributed by atoms with Crippen molar-refractivity contribution in [3.63, 3.8) is 0 Å². The summed E-state index contributed by atoms with van der Waals surface area (Å²) in [7, 11) is 1.70. The van der Waals surface area contributed by atoms with E-state index in [1.807, 2.05) is 6.07 Å². The zero-order chi connectivity index (χ0) is 25.5. The fourth-order valence-corrected chi connectivity index (χ4v) is 5.22. The molecule has 0 radical (unpaired) electrons. The van der Waals surface area contributed by atoms with Crippen LogP contribution in [0.4, 0.5) is 15.2 Å². The number of anilines is 2. The van der Waals surface area contributed by atoms with Crippen LogP contribution < -0.4 is 15.5 Å². The Bertz CT molecular complexity index is 1050. The molecule has 0 saturated carbocycles. The third-order valence-electron chi connectivity index (χ3n) is 6.54. The van der Waals surface area contributed by atoms with Gasteiger partial charge in [0.05, 0.1) is 37.2 Å². The Morgan fingerprint density at radius 1 is 1.31 bits per heavy atom. The molecule has 2 saturated heterocycles. The van der Waals surface area contributed by atoms with E-state index in [9.17, 15) is 14.0 Å². The molecule has 2 aliphatic heterocycles. The van der Waals surface area contributed by atoms with Crippen molar-refractivity contribution in [2.45, 2.75) is 38.5 Å². The fourth-order valence-electron chi connectivity index (χ4n) is 4.38. The predicted octanol–water partition coefficient (Wildman–Crippen LogP) is 2.93. The summed E-state index contributed by atoms with van der Waals surface area (Å²) in [6.07, 6.45) is 1.33. The predicted molar refractivity (Wildman–Crippen MR) is 138 cm³/mol. The molecule has 0 aliphatic carbocycles. The second-order valence-corrected chi connectivity index (χ2v) is 9.97. The molecule has 36 heavy (non-hydrogen) atoms. The summed E-state index contributed by atoms with van der Waals surface area (Å²) in [6.45, 7) is 6.23. The average Bonchev–Trinajstić information content (AvgIpc) is 3.56. The smallest absolute Gasteiger partial charge is 0.275 e. The first kappa shape index (κ1) is 26.5. The van der Waals surface area contributed by atoms with Crippen molar-refractivity contribution in [2.24, 2.45) is 0 Å². The Balaban J connectivity index is 1.49. The van der Waals surface area contributed by atoms with E-state index >= 15 is 0 Å². The third-order valence-corrected chi connectivity index (χ3v) is 7.44. The highest BCUT2D eigenvalue weighted by Gasteiger charge is 2.26. The van der Waals surface area contributed by atoms with E-state index in [2.05, 4.69) is 32.3 Å². The molecule has 3 heterocycles. The summed E-state index contributed by atoms with van der Waals surface area (Å²) in [5.74, 6) is -0.732. The van der Waals surface area contributed by atoms with E-state index in [1.54, 1.807) is 24.6 Å². The minimum atomic E-state index is -0.507. The molecule has 9 nitrogen and oxygen atoms in total. The third kappa shape index (κ3) is 6.58. The molecule has 1 aromatic carbocycles. The van der Waals surface area contributed by atoms with Crippen LogP contribution in [0, 0.1) is 0 Å². The number of thiazole rings is 1. The molecule has 2 aromatic rings. The number of aromatic nitrogens is 1. The van der Waals surface area contributed by atoms with Gasteiger partial charge in [-0.25, -0.2) is 4.98 Å². The minimum Gasteiger partial charge on any atom is -0.380 e. The lowest BCUT2D eigenvalue weighted by Crippen LogP contribution is -2.42. The Labute approximate surface area is 215 Å². The standard InChI is InChI=1S/C25H34FN5O4S/c1-17-15-35-11-10-30(17)13-18-4-5-21(20(12-18)23(32)27-8-3-7-26)28-24(33)22-16-36-25(29-22)31-9-6-19(14-31)34-2/h4-5,12,16-17,19H,3,6-11,13-15H2,1-2H3,(H,27,32)(H,28,33)/t17-,19-/m0/s1. The van der Waals surface area contributed by atoms with Gasteiger partial charge in [-0.15, -0.1) is 11.3 Å². The highest BCUT2D eigenvalue weighted by atomic mass is 32.1. The normalized spacial score (nSPS) is 20.5. The summed E-state index contributed by atoms with van der Waals surface area (Å²) in [4.78, 5) is 34.9. The van der Waals surface area contributed by atoms with Crippen LogP contribution in [0.1, 0.15) is 46.2 Å². The minimum absolute atomic E-state index is 0.170. The van der Waals surface area contributed by atoms with Gasteiger partial charge < -0.3 is 25.0 Å². The number of ether oxygens (including phenoxy) is 2. The molecule has 2 fully saturated rings. The lowest BCUT2D eigenvalue weighted by atomic mass is 10.1. The van der Waals surface area contributed by atoms with Gasteiger partial charge in [0, 0.05) is 51.3 Å². The number of morpholine rings is 1. The highest BCUT2D eigenvalue weighted by Crippen LogP contribution is 2.27. The molecular weight excluding hydrogens is 485 g/mol. The maximum atomic E-state index is 13.0. The van der Waals surface area contributed by atoms with E-state index in [0.29, 0.717) is 36.7 Å². The van der Waals surface area contributed by atoms with Crippen LogP contribution in [0.2, 0.25) is 0 Å². The van der Waals surface area contributed by atoms with Gasteiger partial charge in [-0.1, -0.05) is 6.07 Å². The van der Waals surface area contributed by atoms with Crippen LogP contribution >= 0.6 is 11.3 Å². The number of hydrogen-bond donors (Lipinski definition) is 2. The maximum absolute atomic E-state index is 13.0. The van der Waals surface area contributed by atoms with Crippen molar-refractivity contribution < 1.29 is 23.5 Å². The highest BCUT2D eigenvalue weighted by molar-refractivity contribution is 7.14. The van der Waals surface area contributed by atoms with Gasteiger partial charge in [0.1, 0.15) is 5.69 Å². The van der Waals surface area contributed by atoms with E-state index in [-0.39, 0.29) is 36.9 Å². The van der Waals surface area contributed by atoms with E-state index < -0.39 is 6.67 Å². The Morgan fingerprint density at radius 2 is 2.17 bits per heavy atom. The second-order valence-electron chi connectivity index (χ2n) is 9.13. The zero-order valence-corrected chi connectivity index (χ0v) is 21.6. The van der Waals surface area contributed by atoms with Crippen LogP contribution in [0.15, 0.2) is 23.6 Å². The molecule has 0 unspecified atom stereocenters. The zero-order valence-electron chi connectivity index (χ0n) is 20.8. The molecule has 1 aromatic heterocycles. The number of carbonyl (C=O) groups is 2. The molecule has 196 valence electrons. The van der Waals surface area contributed by atoms with Crippen molar-refractivity contribution in [2.75, 3.05) is 63.4 Å². The number of amides is 2. The number of hydrogen-bond acceptors (Lipinski definition) is 8. The summed E-state index contributed by atoms with van der Waals surface area (Å²) in [5, 5.41) is 8.10. The molecule has 0 bridgehead atoms. The maximum Gasteiger partial charge on any atom is 0.275 e. The topological polar surface area (TPSA) is 96.0 Å². The quantitative estimate of drug-likeness (QED) is 0.466. The first-order chi connectivity index (χ1) is 17.5. The molecule has 0 spiro atoms. The lowest BCUT2D eigenvalue weighted by Gasteiger charge is -2.33. The van der Waals surface area contributed by atoms with Crippen molar-refractivity contribution in [3.8, 4) is 0 Å². The van der Waals surface area contributed by atoms with Crippen molar-refractivity contribution in [3.05, 3.63) is 40.4 Å². The number of rotatable bonds is 10. The van der Waals surface area contributed by atoms with Crippen LogP contribution in [-0.2, 0) is 16.0 Å². The summed E-state index contributed by atoms with van der Waals surface area (Å²) in [6, 6.07) is 5.73. The van der Waals surface area contributed by atoms with Crippen LogP contribution in [0.3, 0.4) is 0 Å². The fraction of sp³-hybridized carbons (Fsp3) is 0.560. The SMILES string of the molecule is CO[C@H]1CCN(c2nc(C(=O)Nc3ccc(CN4CCOC[C@@H]4C)cc3C(=O)NCCCF)cs2)C1. The van der Waals surface area contributed by atoms with Gasteiger partial charge in [-0.05, 0) is 37.5 Å². The van der Waals surface area contributed by atoms with Gasteiger partial charge in [-0.2, -0.15) is 0 Å². The molecule has 2 amide bonds. The second kappa shape index (κ2) is 12.6. The van der Waals surface area contributed by atoms with E-state index in [0.717, 1.165) is 36.8 Å². The number of carbonyl (C=O) groups excluding carboxylic acids is 2. The summed E-state index contributed by atoms with van der Waals surface area (Å²) < 4.78 is 23.5. The van der Waals surface area contributed by atoms with E-state index in [1.165, 1.54) is 11.3 Å². The number of halogens is 1. The van der Waals surface area contributed by atoms with Gasteiger partial charge in [-0.3, -0.25) is 18.9 Å². The molecule has 2 atom stereocenters.